The van der Waals surface area contributed by atoms with Gasteiger partial charge in [-0.25, -0.2) is 0 Å². The molecule has 2 bridgehead atoms. The molecule has 4 atom stereocenters. The van der Waals surface area contributed by atoms with Gasteiger partial charge in [0.25, 0.3) is 0 Å². The number of hydrogen-bond acceptors (Lipinski definition) is 1. The third-order valence-electron chi connectivity index (χ3n) is 4.44. The van der Waals surface area contributed by atoms with Crippen LogP contribution in [0.5, 0.6) is 0 Å². The molecule has 2 aliphatic rings. The molecule has 2 fully saturated rings. The van der Waals surface area contributed by atoms with E-state index in [1.165, 1.54) is 25.7 Å². The van der Waals surface area contributed by atoms with E-state index >= 15 is 0 Å². The highest BCUT2D eigenvalue weighted by molar-refractivity contribution is 4.92. The molecule has 0 radical (unpaired) electrons. The molecule has 1 N–H and O–H groups in total. The highest BCUT2D eigenvalue weighted by Gasteiger charge is 2.41. The summed E-state index contributed by atoms with van der Waals surface area (Å²) in [6.07, 6.45) is 1.01. The number of alkyl halides is 3. The quantitative estimate of drug-likeness (QED) is 0.782. The van der Waals surface area contributed by atoms with Crippen LogP contribution in [0.15, 0.2) is 0 Å². The molecule has 0 saturated heterocycles. The largest absolute Gasteiger partial charge is 0.390 e. The summed E-state index contributed by atoms with van der Waals surface area (Å²) in [4.78, 5) is 0. The first kappa shape index (κ1) is 13.2. The third kappa shape index (κ3) is 3.60. The number of fused-ring (bicyclic) bond motifs is 2. The van der Waals surface area contributed by atoms with Crippen LogP contribution >= 0.6 is 0 Å². The van der Waals surface area contributed by atoms with Gasteiger partial charge in [-0.3, -0.25) is 0 Å². The number of hydrogen-bond donors (Lipinski definition) is 1. The van der Waals surface area contributed by atoms with E-state index in [4.69, 9.17) is 0 Å². The van der Waals surface area contributed by atoms with Crippen molar-refractivity contribution in [1.82, 2.24) is 5.32 Å². The van der Waals surface area contributed by atoms with Gasteiger partial charge in [0.1, 0.15) is 0 Å². The summed E-state index contributed by atoms with van der Waals surface area (Å²) < 4.78 is 37.4. The fourth-order valence-corrected chi connectivity index (χ4v) is 3.84. The van der Waals surface area contributed by atoms with Crippen molar-refractivity contribution in [3.05, 3.63) is 0 Å². The number of rotatable bonds is 5. The summed E-state index contributed by atoms with van der Waals surface area (Å²) in [6, 6.07) is -0.371. The van der Waals surface area contributed by atoms with E-state index in [1.54, 1.807) is 0 Å². The zero-order chi connectivity index (χ0) is 12.5. The lowest BCUT2D eigenvalue weighted by molar-refractivity contribution is -0.141. The molecule has 0 aromatic heterocycles. The molecule has 17 heavy (non-hydrogen) atoms. The Hall–Kier alpha value is -0.250. The zero-order valence-electron chi connectivity index (χ0n) is 10.4. The predicted molar refractivity (Wildman–Crippen MR) is 61.7 cm³/mol. The van der Waals surface area contributed by atoms with Gasteiger partial charge in [0.2, 0.25) is 0 Å². The molecular weight excluding hydrogens is 227 g/mol. The van der Waals surface area contributed by atoms with E-state index in [0.717, 1.165) is 11.8 Å². The van der Waals surface area contributed by atoms with E-state index in [2.05, 4.69) is 5.32 Å². The van der Waals surface area contributed by atoms with Crippen LogP contribution in [-0.4, -0.2) is 18.8 Å². The maximum Gasteiger partial charge on any atom is 0.390 e. The highest BCUT2D eigenvalue weighted by atomic mass is 19.4. The van der Waals surface area contributed by atoms with Crippen molar-refractivity contribution in [3.8, 4) is 0 Å². The van der Waals surface area contributed by atoms with Crippen LogP contribution in [0.1, 0.15) is 45.4 Å². The van der Waals surface area contributed by atoms with Gasteiger partial charge in [0, 0.05) is 6.04 Å². The van der Waals surface area contributed by atoms with Crippen molar-refractivity contribution in [2.75, 3.05) is 6.54 Å². The first-order valence-electron chi connectivity index (χ1n) is 6.78. The number of halogens is 3. The lowest BCUT2D eigenvalue weighted by atomic mass is 9.83. The minimum Gasteiger partial charge on any atom is -0.314 e. The summed E-state index contributed by atoms with van der Waals surface area (Å²) in [5.41, 5.74) is 0. The van der Waals surface area contributed by atoms with E-state index in [1.807, 2.05) is 6.92 Å². The summed E-state index contributed by atoms with van der Waals surface area (Å²) in [7, 11) is 0. The average Bonchev–Trinajstić information content (AvgIpc) is 2.76. The molecule has 2 saturated carbocycles. The van der Waals surface area contributed by atoms with Crippen molar-refractivity contribution < 1.29 is 13.2 Å². The average molecular weight is 249 g/mol. The van der Waals surface area contributed by atoms with Gasteiger partial charge in [0.05, 0.1) is 6.42 Å². The second-order valence-electron chi connectivity index (χ2n) is 5.74. The fraction of sp³-hybridized carbons (Fsp3) is 1.00. The van der Waals surface area contributed by atoms with Gasteiger partial charge in [-0.15, -0.1) is 0 Å². The summed E-state index contributed by atoms with van der Waals surface area (Å²) in [5.74, 6) is 2.08. The maximum absolute atomic E-state index is 12.5. The second-order valence-corrected chi connectivity index (χ2v) is 5.74. The Morgan fingerprint density at radius 1 is 1.24 bits per heavy atom. The van der Waals surface area contributed by atoms with Gasteiger partial charge in [0.15, 0.2) is 0 Å². The van der Waals surface area contributed by atoms with Crippen LogP contribution in [0.4, 0.5) is 13.2 Å². The van der Waals surface area contributed by atoms with Crippen LogP contribution < -0.4 is 5.32 Å². The SMILES string of the molecule is CCNC(CC1CC2CCC1C2)CC(F)(F)F. The Kier molecular flexibility index (Phi) is 4.01. The maximum atomic E-state index is 12.5. The van der Waals surface area contributed by atoms with Crippen molar-refractivity contribution >= 4 is 0 Å². The molecule has 0 heterocycles. The molecule has 0 aromatic rings. The van der Waals surface area contributed by atoms with Crippen molar-refractivity contribution in [1.29, 1.82) is 0 Å². The van der Waals surface area contributed by atoms with Crippen LogP contribution in [0.3, 0.4) is 0 Å². The second kappa shape index (κ2) is 5.17. The first-order chi connectivity index (χ1) is 7.98. The third-order valence-corrected chi connectivity index (χ3v) is 4.44. The van der Waals surface area contributed by atoms with Crippen molar-refractivity contribution in [3.63, 3.8) is 0 Å². The Morgan fingerprint density at radius 3 is 2.47 bits per heavy atom. The lowest BCUT2D eigenvalue weighted by Gasteiger charge is -2.27. The molecule has 4 heteroatoms. The molecule has 2 aliphatic carbocycles. The standard InChI is InChI=1S/C13H22F3N/c1-2-17-12(8-13(14,15)16)7-11-6-9-3-4-10(11)5-9/h9-12,17H,2-8H2,1H3. The van der Waals surface area contributed by atoms with E-state index in [0.29, 0.717) is 18.9 Å². The highest BCUT2D eigenvalue weighted by Crippen LogP contribution is 2.50. The normalized spacial score (nSPS) is 34.2. The van der Waals surface area contributed by atoms with Crippen LogP contribution in [0, 0.1) is 17.8 Å². The number of nitrogens with one attached hydrogen (secondary N) is 1. The lowest BCUT2D eigenvalue weighted by Crippen LogP contribution is -2.36. The monoisotopic (exact) mass is 249 g/mol. The predicted octanol–water partition coefficient (Wildman–Crippen LogP) is 3.74. The minimum absolute atomic E-state index is 0.371. The van der Waals surface area contributed by atoms with Gasteiger partial charge >= 0.3 is 6.18 Å². The summed E-state index contributed by atoms with van der Waals surface area (Å²) in [5, 5.41) is 3.01. The Labute approximate surface area is 101 Å². The molecular formula is C13H22F3N. The van der Waals surface area contributed by atoms with Gasteiger partial charge in [-0.05, 0) is 50.0 Å². The summed E-state index contributed by atoms with van der Waals surface area (Å²) in [6.45, 7) is 2.51. The molecule has 100 valence electrons. The molecule has 4 unspecified atom stereocenters. The van der Waals surface area contributed by atoms with Crippen LogP contribution in [0.2, 0.25) is 0 Å². The molecule has 0 aromatic carbocycles. The van der Waals surface area contributed by atoms with Crippen LogP contribution in [-0.2, 0) is 0 Å². The van der Waals surface area contributed by atoms with Crippen LogP contribution in [0.25, 0.3) is 0 Å². The fourth-order valence-electron chi connectivity index (χ4n) is 3.84. The van der Waals surface area contributed by atoms with Crippen molar-refractivity contribution in [2.24, 2.45) is 17.8 Å². The summed E-state index contributed by atoms with van der Waals surface area (Å²) >= 11 is 0. The Bertz CT molecular complexity index is 252. The van der Waals surface area contributed by atoms with E-state index in [-0.39, 0.29) is 6.04 Å². The van der Waals surface area contributed by atoms with Gasteiger partial charge in [-0.2, -0.15) is 13.2 Å². The van der Waals surface area contributed by atoms with Gasteiger partial charge in [-0.1, -0.05) is 13.3 Å². The molecule has 2 rings (SSSR count). The van der Waals surface area contributed by atoms with Crippen molar-refractivity contribution in [2.45, 2.75) is 57.7 Å². The Balaban J connectivity index is 1.85. The smallest absolute Gasteiger partial charge is 0.314 e. The Morgan fingerprint density at radius 2 is 2.00 bits per heavy atom. The minimum atomic E-state index is -4.04. The topological polar surface area (TPSA) is 12.0 Å². The zero-order valence-corrected chi connectivity index (χ0v) is 10.4. The van der Waals surface area contributed by atoms with E-state index < -0.39 is 12.6 Å². The molecule has 1 nitrogen and oxygen atoms in total. The molecule has 0 amide bonds. The van der Waals surface area contributed by atoms with E-state index in [9.17, 15) is 13.2 Å². The van der Waals surface area contributed by atoms with Gasteiger partial charge < -0.3 is 5.32 Å². The molecule has 0 spiro atoms. The first-order valence-corrected chi connectivity index (χ1v) is 6.78. The molecule has 0 aliphatic heterocycles.